The van der Waals surface area contributed by atoms with Gasteiger partial charge in [0, 0.05) is 25.2 Å². The standard InChI is InChI=1S/C16H22N2O3/c1-20-14-10-13(11-15(12-14)21-2)6-7-16(19)17-18-8-4-3-5-9-18/h6-7,10-12H,3-5,8-9H2,1-2H3,(H,17,19)/b7-6+. The molecule has 21 heavy (non-hydrogen) atoms. The average molecular weight is 290 g/mol. The maximum Gasteiger partial charge on any atom is 0.258 e. The van der Waals surface area contributed by atoms with Crippen molar-refractivity contribution in [2.75, 3.05) is 27.3 Å². The Balaban J connectivity index is 1.97. The molecule has 0 atom stereocenters. The van der Waals surface area contributed by atoms with Gasteiger partial charge < -0.3 is 9.47 Å². The molecule has 0 spiro atoms. The molecular formula is C16H22N2O3. The number of ether oxygens (including phenoxy) is 2. The number of amides is 1. The van der Waals surface area contributed by atoms with E-state index in [1.807, 2.05) is 17.1 Å². The van der Waals surface area contributed by atoms with Gasteiger partial charge in [-0.05, 0) is 36.6 Å². The number of hydrogen-bond donors (Lipinski definition) is 1. The molecule has 0 aromatic heterocycles. The number of hydrogen-bond acceptors (Lipinski definition) is 4. The molecule has 1 fully saturated rings. The maximum absolute atomic E-state index is 11.9. The van der Waals surface area contributed by atoms with Crippen LogP contribution in [0.2, 0.25) is 0 Å². The molecule has 0 radical (unpaired) electrons. The minimum atomic E-state index is -0.112. The van der Waals surface area contributed by atoms with Crippen LogP contribution in [-0.4, -0.2) is 38.2 Å². The zero-order valence-electron chi connectivity index (χ0n) is 12.6. The van der Waals surface area contributed by atoms with Crippen molar-refractivity contribution in [2.24, 2.45) is 0 Å². The summed E-state index contributed by atoms with van der Waals surface area (Å²) in [5.74, 6) is 1.29. The fraction of sp³-hybridized carbons (Fsp3) is 0.438. The Bertz CT molecular complexity index is 486. The topological polar surface area (TPSA) is 50.8 Å². The van der Waals surface area contributed by atoms with Gasteiger partial charge in [-0.25, -0.2) is 5.01 Å². The summed E-state index contributed by atoms with van der Waals surface area (Å²) in [5, 5.41) is 1.97. The third-order valence-electron chi connectivity index (χ3n) is 3.43. The molecule has 0 saturated carbocycles. The highest BCUT2D eigenvalue weighted by Gasteiger charge is 2.10. The molecule has 1 amide bonds. The Labute approximate surface area is 125 Å². The van der Waals surface area contributed by atoms with Crippen molar-refractivity contribution >= 4 is 12.0 Å². The monoisotopic (exact) mass is 290 g/mol. The summed E-state index contributed by atoms with van der Waals surface area (Å²) < 4.78 is 10.4. The van der Waals surface area contributed by atoms with Crippen LogP contribution in [0.15, 0.2) is 24.3 Å². The summed E-state index contributed by atoms with van der Waals surface area (Å²) in [6, 6.07) is 5.51. The predicted molar refractivity (Wildman–Crippen MR) is 82.1 cm³/mol. The SMILES string of the molecule is COc1cc(/C=C/C(=O)NN2CCCCC2)cc(OC)c1. The lowest BCUT2D eigenvalue weighted by Crippen LogP contribution is -2.44. The lowest BCUT2D eigenvalue weighted by molar-refractivity contribution is -0.121. The molecule has 0 aliphatic carbocycles. The number of rotatable bonds is 5. The zero-order valence-corrected chi connectivity index (χ0v) is 12.6. The Kier molecular flexibility index (Phi) is 5.63. The van der Waals surface area contributed by atoms with Crippen molar-refractivity contribution in [3.63, 3.8) is 0 Å². The number of methoxy groups -OCH3 is 2. The Morgan fingerprint density at radius 2 is 1.71 bits per heavy atom. The van der Waals surface area contributed by atoms with Gasteiger partial charge in [0.25, 0.3) is 5.91 Å². The van der Waals surface area contributed by atoms with E-state index in [1.54, 1.807) is 26.4 Å². The van der Waals surface area contributed by atoms with Gasteiger partial charge in [0.15, 0.2) is 0 Å². The summed E-state index contributed by atoms with van der Waals surface area (Å²) >= 11 is 0. The van der Waals surface area contributed by atoms with Crippen LogP contribution in [0.3, 0.4) is 0 Å². The van der Waals surface area contributed by atoms with Crippen molar-refractivity contribution in [1.82, 2.24) is 10.4 Å². The predicted octanol–water partition coefficient (Wildman–Crippen LogP) is 2.23. The van der Waals surface area contributed by atoms with E-state index in [4.69, 9.17) is 9.47 Å². The number of carbonyl (C=O) groups is 1. The van der Waals surface area contributed by atoms with Crippen LogP contribution in [0.4, 0.5) is 0 Å². The lowest BCUT2D eigenvalue weighted by atomic mass is 10.1. The van der Waals surface area contributed by atoms with Crippen LogP contribution in [0.5, 0.6) is 11.5 Å². The fourth-order valence-corrected chi connectivity index (χ4v) is 2.30. The highest BCUT2D eigenvalue weighted by atomic mass is 16.5. The molecular weight excluding hydrogens is 268 g/mol. The van der Waals surface area contributed by atoms with E-state index in [9.17, 15) is 4.79 Å². The molecule has 5 heteroatoms. The molecule has 2 rings (SSSR count). The molecule has 1 saturated heterocycles. The molecule has 114 valence electrons. The first-order valence-corrected chi connectivity index (χ1v) is 7.18. The largest absolute Gasteiger partial charge is 0.497 e. The van der Waals surface area contributed by atoms with E-state index in [-0.39, 0.29) is 5.91 Å². The minimum Gasteiger partial charge on any atom is -0.497 e. The van der Waals surface area contributed by atoms with Gasteiger partial charge in [0.2, 0.25) is 0 Å². The second kappa shape index (κ2) is 7.69. The summed E-state index contributed by atoms with van der Waals surface area (Å²) in [6.45, 7) is 1.85. The van der Waals surface area contributed by atoms with Gasteiger partial charge in [-0.15, -0.1) is 0 Å². The Hall–Kier alpha value is -2.01. The van der Waals surface area contributed by atoms with Gasteiger partial charge in [0.05, 0.1) is 14.2 Å². The molecule has 1 aromatic carbocycles. The summed E-state index contributed by atoms with van der Waals surface area (Å²) in [5.41, 5.74) is 3.75. The van der Waals surface area contributed by atoms with Crippen molar-refractivity contribution in [2.45, 2.75) is 19.3 Å². The van der Waals surface area contributed by atoms with E-state index < -0.39 is 0 Å². The Morgan fingerprint density at radius 3 is 2.29 bits per heavy atom. The van der Waals surface area contributed by atoms with E-state index in [0.717, 1.165) is 31.5 Å². The second-order valence-corrected chi connectivity index (χ2v) is 5.00. The van der Waals surface area contributed by atoms with Crippen molar-refractivity contribution in [3.8, 4) is 11.5 Å². The first-order valence-electron chi connectivity index (χ1n) is 7.18. The average Bonchev–Trinajstić information content (AvgIpc) is 2.53. The molecule has 1 aromatic rings. The van der Waals surface area contributed by atoms with Crippen LogP contribution in [-0.2, 0) is 4.79 Å². The number of piperidine rings is 1. The number of benzene rings is 1. The quantitative estimate of drug-likeness (QED) is 0.845. The highest BCUT2D eigenvalue weighted by Crippen LogP contribution is 2.23. The molecule has 1 aliphatic rings. The number of nitrogens with one attached hydrogen (secondary N) is 1. The summed E-state index contributed by atoms with van der Waals surface area (Å²) in [6.07, 6.45) is 6.80. The van der Waals surface area contributed by atoms with Crippen LogP contribution >= 0.6 is 0 Å². The van der Waals surface area contributed by atoms with Crippen molar-refractivity contribution in [1.29, 1.82) is 0 Å². The molecule has 5 nitrogen and oxygen atoms in total. The fourth-order valence-electron chi connectivity index (χ4n) is 2.30. The van der Waals surface area contributed by atoms with Gasteiger partial charge in [-0.2, -0.15) is 0 Å². The normalized spacial score (nSPS) is 15.9. The minimum absolute atomic E-state index is 0.112. The van der Waals surface area contributed by atoms with E-state index in [1.165, 1.54) is 12.5 Å². The van der Waals surface area contributed by atoms with Crippen LogP contribution in [0, 0.1) is 0 Å². The number of hydrazine groups is 1. The van der Waals surface area contributed by atoms with Gasteiger partial charge in [-0.1, -0.05) is 6.42 Å². The molecule has 1 N–H and O–H groups in total. The van der Waals surface area contributed by atoms with Gasteiger partial charge in [0.1, 0.15) is 11.5 Å². The first kappa shape index (κ1) is 15.4. The van der Waals surface area contributed by atoms with Crippen molar-refractivity contribution in [3.05, 3.63) is 29.8 Å². The lowest BCUT2D eigenvalue weighted by Gasteiger charge is -2.26. The smallest absolute Gasteiger partial charge is 0.258 e. The Morgan fingerprint density at radius 1 is 1.10 bits per heavy atom. The van der Waals surface area contributed by atoms with E-state index in [0.29, 0.717) is 11.5 Å². The molecule has 1 heterocycles. The number of nitrogens with zero attached hydrogens (tertiary/aromatic N) is 1. The van der Waals surface area contributed by atoms with E-state index in [2.05, 4.69) is 5.43 Å². The first-order chi connectivity index (χ1) is 10.2. The molecule has 0 bridgehead atoms. The third kappa shape index (κ3) is 4.79. The number of carbonyl (C=O) groups excluding carboxylic acids is 1. The summed E-state index contributed by atoms with van der Waals surface area (Å²) in [7, 11) is 3.21. The second-order valence-electron chi connectivity index (χ2n) is 5.00. The van der Waals surface area contributed by atoms with Gasteiger partial charge >= 0.3 is 0 Å². The zero-order chi connectivity index (χ0) is 15.1. The third-order valence-corrected chi connectivity index (χ3v) is 3.43. The maximum atomic E-state index is 11.9. The van der Waals surface area contributed by atoms with Crippen LogP contribution in [0.1, 0.15) is 24.8 Å². The molecule has 0 unspecified atom stereocenters. The van der Waals surface area contributed by atoms with E-state index >= 15 is 0 Å². The van der Waals surface area contributed by atoms with Crippen molar-refractivity contribution < 1.29 is 14.3 Å². The van der Waals surface area contributed by atoms with Crippen LogP contribution < -0.4 is 14.9 Å². The van der Waals surface area contributed by atoms with Crippen LogP contribution in [0.25, 0.3) is 6.08 Å². The summed E-state index contributed by atoms with van der Waals surface area (Å²) in [4.78, 5) is 11.9. The highest BCUT2D eigenvalue weighted by molar-refractivity contribution is 5.91. The molecule has 1 aliphatic heterocycles. The van der Waals surface area contributed by atoms with Gasteiger partial charge in [-0.3, -0.25) is 10.2 Å².